The first-order valence-corrected chi connectivity index (χ1v) is 3.20. The van der Waals surface area contributed by atoms with Crippen LogP contribution in [0.3, 0.4) is 0 Å². The SMILES string of the molecule is NNC(=O)Oc1ccccc1O. The minimum Gasteiger partial charge on any atom is -0.504 e. The molecule has 0 fully saturated rings. The van der Waals surface area contributed by atoms with Crippen molar-refractivity contribution in [1.82, 2.24) is 5.43 Å². The lowest BCUT2D eigenvalue weighted by molar-refractivity contribution is 0.199. The highest BCUT2D eigenvalue weighted by molar-refractivity contribution is 5.70. The second-order valence-corrected chi connectivity index (χ2v) is 2.00. The Morgan fingerprint density at radius 1 is 1.50 bits per heavy atom. The summed E-state index contributed by atoms with van der Waals surface area (Å²) in [5.41, 5.74) is 1.77. The molecule has 0 bridgehead atoms. The van der Waals surface area contributed by atoms with Gasteiger partial charge in [0.1, 0.15) is 0 Å². The van der Waals surface area contributed by atoms with Crippen LogP contribution in [0.2, 0.25) is 0 Å². The van der Waals surface area contributed by atoms with Gasteiger partial charge in [0, 0.05) is 0 Å². The highest BCUT2D eigenvalue weighted by atomic mass is 16.6. The summed E-state index contributed by atoms with van der Waals surface area (Å²) in [5.74, 6) is 4.72. The van der Waals surface area contributed by atoms with Gasteiger partial charge in [-0.05, 0) is 12.1 Å². The van der Waals surface area contributed by atoms with E-state index in [0.717, 1.165) is 0 Å². The monoisotopic (exact) mass is 168 g/mol. The average Bonchev–Trinajstić information content (AvgIpc) is 2.09. The maximum Gasteiger partial charge on any atom is 0.427 e. The molecule has 0 aliphatic carbocycles. The molecule has 4 N–H and O–H groups in total. The van der Waals surface area contributed by atoms with Crippen molar-refractivity contribution in [3.8, 4) is 11.5 Å². The third-order valence-electron chi connectivity index (χ3n) is 1.19. The molecule has 0 atom stereocenters. The van der Waals surface area contributed by atoms with E-state index in [1.165, 1.54) is 12.1 Å². The summed E-state index contributed by atoms with van der Waals surface area (Å²) in [6.45, 7) is 0. The number of phenolic OH excluding ortho intramolecular Hbond substituents is 1. The van der Waals surface area contributed by atoms with Crippen molar-refractivity contribution in [3.05, 3.63) is 24.3 Å². The van der Waals surface area contributed by atoms with E-state index >= 15 is 0 Å². The van der Waals surface area contributed by atoms with E-state index in [0.29, 0.717) is 0 Å². The highest BCUT2D eigenvalue weighted by Crippen LogP contribution is 2.23. The van der Waals surface area contributed by atoms with Crippen LogP contribution in [0.15, 0.2) is 24.3 Å². The van der Waals surface area contributed by atoms with Gasteiger partial charge in [0.15, 0.2) is 11.5 Å². The molecule has 5 nitrogen and oxygen atoms in total. The summed E-state index contributed by atoms with van der Waals surface area (Å²) in [6.07, 6.45) is -0.823. The van der Waals surface area contributed by atoms with E-state index < -0.39 is 6.09 Å². The number of aromatic hydroxyl groups is 1. The molecule has 0 aliphatic rings. The summed E-state index contributed by atoms with van der Waals surface area (Å²) in [6, 6.07) is 6.09. The fourth-order valence-electron chi connectivity index (χ4n) is 0.673. The Hall–Kier alpha value is -1.75. The molecule has 0 saturated heterocycles. The maximum absolute atomic E-state index is 10.6. The lowest BCUT2D eigenvalue weighted by atomic mass is 10.3. The van der Waals surface area contributed by atoms with Crippen LogP contribution in [0.4, 0.5) is 4.79 Å². The fourth-order valence-corrected chi connectivity index (χ4v) is 0.673. The number of benzene rings is 1. The minimum absolute atomic E-state index is 0.0699. The van der Waals surface area contributed by atoms with Crippen molar-refractivity contribution in [2.75, 3.05) is 0 Å². The molecule has 0 spiro atoms. The first-order chi connectivity index (χ1) is 5.74. The highest BCUT2D eigenvalue weighted by Gasteiger charge is 2.04. The second kappa shape index (κ2) is 3.59. The number of amides is 1. The number of para-hydroxylation sites is 2. The van der Waals surface area contributed by atoms with E-state index in [2.05, 4.69) is 4.74 Å². The normalized spacial score (nSPS) is 9.08. The number of ether oxygens (including phenoxy) is 1. The molecule has 5 heteroatoms. The first kappa shape index (κ1) is 8.35. The summed E-state index contributed by atoms with van der Waals surface area (Å²) in [4.78, 5) is 10.6. The second-order valence-electron chi connectivity index (χ2n) is 2.00. The fraction of sp³-hybridized carbons (Fsp3) is 0. The van der Waals surface area contributed by atoms with Crippen molar-refractivity contribution in [2.45, 2.75) is 0 Å². The van der Waals surface area contributed by atoms with Crippen LogP contribution in [-0.4, -0.2) is 11.2 Å². The number of hydrogen-bond donors (Lipinski definition) is 3. The van der Waals surface area contributed by atoms with E-state index in [1.807, 2.05) is 0 Å². The standard InChI is InChI=1S/C7H8N2O3/c8-9-7(11)12-6-4-2-1-3-5(6)10/h1-4,10H,8H2,(H,9,11). The molecule has 64 valence electrons. The molecule has 12 heavy (non-hydrogen) atoms. The van der Waals surface area contributed by atoms with Crippen LogP contribution in [-0.2, 0) is 0 Å². The number of rotatable bonds is 1. The Labute approximate surface area is 68.7 Å². The largest absolute Gasteiger partial charge is 0.504 e. The van der Waals surface area contributed by atoms with Gasteiger partial charge in [0.25, 0.3) is 0 Å². The molecule has 1 amide bonds. The van der Waals surface area contributed by atoms with Gasteiger partial charge in [0.2, 0.25) is 0 Å². The average molecular weight is 168 g/mol. The van der Waals surface area contributed by atoms with Gasteiger partial charge in [-0.25, -0.2) is 10.6 Å². The molecule has 1 aromatic rings. The molecule has 0 unspecified atom stereocenters. The van der Waals surface area contributed by atoms with Gasteiger partial charge in [-0.15, -0.1) is 0 Å². The van der Waals surface area contributed by atoms with Gasteiger partial charge in [0.05, 0.1) is 0 Å². The zero-order valence-electron chi connectivity index (χ0n) is 6.15. The summed E-state index contributed by atoms with van der Waals surface area (Å²) < 4.78 is 4.57. The van der Waals surface area contributed by atoms with Crippen molar-refractivity contribution in [2.24, 2.45) is 5.84 Å². The molecule has 1 aromatic carbocycles. The molecular formula is C7H8N2O3. The Bertz CT molecular complexity index is 288. The molecule has 0 saturated carbocycles. The van der Waals surface area contributed by atoms with Gasteiger partial charge >= 0.3 is 6.09 Å². The molecule has 1 rings (SSSR count). The third kappa shape index (κ3) is 1.86. The number of phenols is 1. The van der Waals surface area contributed by atoms with E-state index in [1.54, 1.807) is 17.6 Å². The lowest BCUT2D eigenvalue weighted by Crippen LogP contribution is -2.32. The van der Waals surface area contributed by atoms with E-state index in [-0.39, 0.29) is 11.5 Å². The van der Waals surface area contributed by atoms with Gasteiger partial charge in [-0.3, -0.25) is 5.43 Å². The van der Waals surface area contributed by atoms with E-state index in [9.17, 15) is 4.79 Å². The Morgan fingerprint density at radius 3 is 2.75 bits per heavy atom. The van der Waals surface area contributed by atoms with Crippen LogP contribution < -0.4 is 16.0 Å². The number of hydrogen-bond acceptors (Lipinski definition) is 4. The minimum atomic E-state index is -0.823. The van der Waals surface area contributed by atoms with Crippen molar-refractivity contribution in [3.63, 3.8) is 0 Å². The molecule has 0 heterocycles. The summed E-state index contributed by atoms with van der Waals surface area (Å²) in [5, 5.41) is 9.11. The van der Waals surface area contributed by atoms with Crippen LogP contribution >= 0.6 is 0 Å². The molecular weight excluding hydrogens is 160 g/mol. The molecule has 0 aromatic heterocycles. The smallest absolute Gasteiger partial charge is 0.427 e. The Morgan fingerprint density at radius 2 is 2.17 bits per heavy atom. The zero-order chi connectivity index (χ0) is 8.97. The summed E-state index contributed by atoms with van der Waals surface area (Å²) >= 11 is 0. The van der Waals surface area contributed by atoms with Crippen LogP contribution in [0.1, 0.15) is 0 Å². The van der Waals surface area contributed by atoms with Gasteiger partial charge in [-0.2, -0.15) is 0 Å². The van der Waals surface area contributed by atoms with Gasteiger partial charge < -0.3 is 9.84 Å². The molecule has 0 aliphatic heterocycles. The Kier molecular flexibility index (Phi) is 2.49. The van der Waals surface area contributed by atoms with Crippen LogP contribution in [0.25, 0.3) is 0 Å². The van der Waals surface area contributed by atoms with Crippen molar-refractivity contribution < 1.29 is 14.6 Å². The number of carbonyl (C=O) groups is 1. The number of nitrogens with two attached hydrogens (primary N) is 1. The van der Waals surface area contributed by atoms with Crippen LogP contribution in [0.5, 0.6) is 11.5 Å². The van der Waals surface area contributed by atoms with Crippen molar-refractivity contribution in [1.29, 1.82) is 0 Å². The number of carbonyl (C=O) groups excluding carboxylic acids is 1. The predicted molar refractivity (Wildman–Crippen MR) is 41.5 cm³/mol. The number of hydrazine groups is 1. The van der Waals surface area contributed by atoms with Crippen molar-refractivity contribution >= 4 is 6.09 Å². The zero-order valence-corrected chi connectivity index (χ0v) is 6.15. The summed E-state index contributed by atoms with van der Waals surface area (Å²) in [7, 11) is 0. The Balaban J connectivity index is 2.75. The maximum atomic E-state index is 10.6. The number of nitrogens with one attached hydrogen (secondary N) is 1. The van der Waals surface area contributed by atoms with Crippen LogP contribution in [0, 0.1) is 0 Å². The molecule has 0 radical (unpaired) electrons. The first-order valence-electron chi connectivity index (χ1n) is 3.20. The van der Waals surface area contributed by atoms with Gasteiger partial charge in [-0.1, -0.05) is 12.1 Å². The predicted octanol–water partition coefficient (Wildman–Crippen LogP) is 0.354. The topological polar surface area (TPSA) is 84.6 Å². The lowest BCUT2D eigenvalue weighted by Gasteiger charge is -2.03. The van der Waals surface area contributed by atoms with E-state index in [4.69, 9.17) is 10.9 Å². The quantitative estimate of drug-likeness (QED) is 0.321. The third-order valence-corrected chi connectivity index (χ3v) is 1.19.